The summed E-state index contributed by atoms with van der Waals surface area (Å²) < 4.78 is 6.06. The number of ether oxygens (including phenoxy) is 1. The molecule has 0 aliphatic carbocycles. The van der Waals surface area contributed by atoms with E-state index in [9.17, 15) is 9.59 Å². The lowest BCUT2D eigenvalue weighted by molar-refractivity contribution is 0.0696. The van der Waals surface area contributed by atoms with E-state index in [1.165, 1.54) is 18.2 Å². The van der Waals surface area contributed by atoms with Crippen molar-refractivity contribution in [1.29, 1.82) is 0 Å². The minimum Gasteiger partial charge on any atom is -0.478 e. The molecule has 0 aromatic heterocycles. The Labute approximate surface area is 123 Å². The number of hydrogen-bond donors (Lipinski definition) is 2. The van der Waals surface area contributed by atoms with Crippen LogP contribution in [0.25, 0.3) is 0 Å². The van der Waals surface area contributed by atoms with Crippen LogP contribution in [0.4, 0.5) is 0 Å². The van der Waals surface area contributed by atoms with Crippen molar-refractivity contribution >= 4 is 27.8 Å². The van der Waals surface area contributed by atoms with E-state index in [2.05, 4.69) is 15.9 Å². The first-order valence-electron chi connectivity index (χ1n) is 5.58. The highest BCUT2D eigenvalue weighted by Crippen LogP contribution is 2.32. The van der Waals surface area contributed by atoms with Crippen LogP contribution in [0.1, 0.15) is 20.7 Å². The van der Waals surface area contributed by atoms with Gasteiger partial charge in [0.2, 0.25) is 0 Å². The van der Waals surface area contributed by atoms with Crippen LogP contribution in [-0.4, -0.2) is 17.0 Å². The lowest BCUT2D eigenvalue weighted by atomic mass is 10.2. The molecule has 0 radical (unpaired) electrons. The van der Waals surface area contributed by atoms with Gasteiger partial charge in [-0.25, -0.2) is 4.79 Å². The summed E-state index contributed by atoms with van der Waals surface area (Å²) in [5.41, 5.74) is 5.65. The van der Waals surface area contributed by atoms with Gasteiger partial charge in [0.15, 0.2) is 0 Å². The molecule has 0 unspecified atom stereocenters. The van der Waals surface area contributed by atoms with Crippen molar-refractivity contribution in [3.05, 3.63) is 58.1 Å². The number of carbonyl (C=O) groups excluding carboxylic acids is 1. The van der Waals surface area contributed by atoms with E-state index < -0.39 is 11.9 Å². The topological polar surface area (TPSA) is 89.6 Å². The fourth-order valence-corrected chi connectivity index (χ4v) is 2.05. The summed E-state index contributed by atoms with van der Waals surface area (Å²) in [6.45, 7) is 0. The second-order valence-corrected chi connectivity index (χ2v) is 4.77. The number of halogens is 1. The van der Waals surface area contributed by atoms with Gasteiger partial charge < -0.3 is 15.6 Å². The summed E-state index contributed by atoms with van der Waals surface area (Å²) in [6, 6.07) is 10.9. The SMILES string of the molecule is NC(=O)c1ccccc1Oc1ccc(C(=O)O)cc1Br. The van der Waals surface area contributed by atoms with Crippen LogP contribution < -0.4 is 10.5 Å². The number of benzene rings is 2. The van der Waals surface area contributed by atoms with Gasteiger partial charge in [-0.15, -0.1) is 0 Å². The molecule has 0 bridgehead atoms. The Kier molecular flexibility index (Phi) is 4.05. The summed E-state index contributed by atoms with van der Waals surface area (Å²) in [7, 11) is 0. The number of carbonyl (C=O) groups is 2. The van der Waals surface area contributed by atoms with Gasteiger partial charge in [-0.2, -0.15) is 0 Å². The highest BCUT2D eigenvalue weighted by Gasteiger charge is 2.12. The van der Waals surface area contributed by atoms with Gasteiger partial charge in [0, 0.05) is 0 Å². The minimum absolute atomic E-state index is 0.132. The molecule has 0 heterocycles. The average molecular weight is 336 g/mol. The third-order valence-corrected chi connectivity index (χ3v) is 3.17. The fourth-order valence-electron chi connectivity index (χ4n) is 1.59. The van der Waals surface area contributed by atoms with Crippen LogP contribution in [0.2, 0.25) is 0 Å². The first-order chi connectivity index (χ1) is 9.49. The van der Waals surface area contributed by atoms with Crippen molar-refractivity contribution in [2.45, 2.75) is 0 Å². The summed E-state index contributed by atoms with van der Waals surface area (Å²) in [6.07, 6.45) is 0. The van der Waals surface area contributed by atoms with Gasteiger partial charge >= 0.3 is 5.97 Å². The molecule has 0 atom stereocenters. The van der Waals surface area contributed by atoms with E-state index in [0.717, 1.165) is 0 Å². The van der Waals surface area contributed by atoms with E-state index >= 15 is 0 Å². The molecular formula is C14H10BrNO4. The molecule has 20 heavy (non-hydrogen) atoms. The normalized spacial score (nSPS) is 10.1. The van der Waals surface area contributed by atoms with Crippen LogP contribution >= 0.6 is 15.9 Å². The van der Waals surface area contributed by atoms with Gasteiger partial charge in [-0.3, -0.25) is 4.79 Å². The Morgan fingerprint density at radius 1 is 1.10 bits per heavy atom. The molecule has 6 heteroatoms. The van der Waals surface area contributed by atoms with Crippen LogP contribution in [0, 0.1) is 0 Å². The van der Waals surface area contributed by atoms with Crippen LogP contribution in [0.5, 0.6) is 11.5 Å². The Morgan fingerprint density at radius 3 is 2.40 bits per heavy atom. The first kappa shape index (κ1) is 14.1. The molecule has 2 aromatic carbocycles. The van der Waals surface area contributed by atoms with Gasteiger partial charge in [-0.1, -0.05) is 12.1 Å². The number of aromatic carboxylic acids is 1. The summed E-state index contributed by atoms with van der Waals surface area (Å²) >= 11 is 3.23. The van der Waals surface area contributed by atoms with Gasteiger partial charge in [0.05, 0.1) is 15.6 Å². The van der Waals surface area contributed by atoms with Crippen LogP contribution in [0.15, 0.2) is 46.9 Å². The number of amides is 1. The second-order valence-electron chi connectivity index (χ2n) is 3.91. The number of hydrogen-bond acceptors (Lipinski definition) is 3. The molecule has 0 aliphatic rings. The van der Waals surface area contributed by atoms with E-state index in [4.69, 9.17) is 15.6 Å². The van der Waals surface area contributed by atoms with Crippen molar-refractivity contribution < 1.29 is 19.4 Å². The number of carboxylic acid groups (broad SMARTS) is 1. The lowest BCUT2D eigenvalue weighted by Crippen LogP contribution is -2.12. The zero-order chi connectivity index (χ0) is 14.7. The number of nitrogens with two attached hydrogens (primary N) is 1. The second kappa shape index (κ2) is 5.75. The summed E-state index contributed by atoms with van der Waals surface area (Å²) in [5.74, 6) is -0.930. The monoisotopic (exact) mass is 335 g/mol. The molecule has 0 saturated heterocycles. The Balaban J connectivity index is 2.36. The first-order valence-corrected chi connectivity index (χ1v) is 6.38. The maximum atomic E-state index is 11.3. The summed E-state index contributed by atoms with van der Waals surface area (Å²) in [5, 5.41) is 8.88. The highest BCUT2D eigenvalue weighted by atomic mass is 79.9. The fraction of sp³-hybridized carbons (Fsp3) is 0. The van der Waals surface area contributed by atoms with Gasteiger partial charge in [-0.05, 0) is 46.3 Å². The van der Waals surface area contributed by atoms with Crippen molar-refractivity contribution in [3.63, 3.8) is 0 Å². The zero-order valence-electron chi connectivity index (χ0n) is 10.2. The van der Waals surface area contributed by atoms with Crippen molar-refractivity contribution in [1.82, 2.24) is 0 Å². The van der Waals surface area contributed by atoms with Crippen LogP contribution in [0.3, 0.4) is 0 Å². The largest absolute Gasteiger partial charge is 0.478 e. The average Bonchev–Trinajstić information content (AvgIpc) is 2.41. The molecule has 0 saturated carbocycles. The van der Waals surface area contributed by atoms with E-state index in [1.807, 2.05) is 0 Å². The molecule has 0 fully saturated rings. The highest BCUT2D eigenvalue weighted by molar-refractivity contribution is 9.10. The Bertz CT molecular complexity index is 685. The molecule has 102 valence electrons. The number of rotatable bonds is 4. The number of para-hydroxylation sites is 1. The molecule has 2 aromatic rings. The smallest absolute Gasteiger partial charge is 0.335 e. The lowest BCUT2D eigenvalue weighted by Gasteiger charge is -2.10. The van der Waals surface area contributed by atoms with Crippen molar-refractivity contribution in [2.24, 2.45) is 5.73 Å². The van der Waals surface area contributed by atoms with Gasteiger partial charge in [0.25, 0.3) is 5.91 Å². The van der Waals surface area contributed by atoms with Crippen molar-refractivity contribution in [2.75, 3.05) is 0 Å². The summed E-state index contributed by atoms with van der Waals surface area (Å²) in [4.78, 5) is 22.1. The van der Waals surface area contributed by atoms with Gasteiger partial charge in [0.1, 0.15) is 11.5 Å². The molecule has 0 spiro atoms. The standard InChI is InChI=1S/C14H10BrNO4/c15-10-7-8(14(18)19)5-6-12(10)20-11-4-2-1-3-9(11)13(16)17/h1-7H,(H2,16,17)(H,18,19). The number of carboxylic acids is 1. The van der Waals surface area contributed by atoms with Crippen LogP contribution in [-0.2, 0) is 0 Å². The van der Waals surface area contributed by atoms with E-state index in [-0.39, 0.29) is 11.1 Å². The van der Waals surface area contributed by atoms with E-state index in [0.29, 0.717) is 16.0 Å². The predicted octanol–water partition coefficient (Wildman–Crippen LogP) is 3.04. The Morgan fingerprint density at radius 2 is 1.80 bits per heavy atom. The molecule has 2 rings (SSSR count). The molecule has 3 N–H and O–H groups in total. The molecule has 1 amide bonds. The number of primary amides is 1. The minimum atomic E-state index is -1.03. The zero-order valence-corrected chi connectivity index (χ0v) is 11.8. The quantitative estimate of drug-likeness (QED) is 0.898. The Hall–Kier alpha value is -2.34. The third-order valence-electron chi connectivity index (χ3n) is 2.55. The maximum Gasteiger partial charge on any atom is 0.335 e. The molecular weight excluding hydrogens is 326 g/mol. The van der Waals surface area contributed by atoms with E-state index in [1.54, 1.807) is 24.3 Å². The third kappa shape index (κ3) is 2.97. The predicted molar refractivity (Wildman–Crippen MR) is 76.1 cm³/mol. The molecule has 5 nitrogen and oxygen atoms in total. The van der Waals surface area contributed by atoms with Crippen molar-refractivity contribution in [3.8, 4) is 11.5 Å². The molecule has 0 aliphatic heterocycles. The maximum absolute atomic E-state index is 11.3.